The van der Waals surface area contributed by atoms with Gasteiger partial charge in [-0.2, -0.15) is 0 Å². The van der Waals surface area contributed by atoms with Gasteiger partial charge in [0.2, 0.25) is 0 Å². The smallest absolute Gasteiger partial charge is 0.162 e. The van der Waals surface area contributed by atoms with Crippen molar-refractivity contribution in [2.45, 2.75) is 39.2 Å². The molecule has 0 bridgehead atoms. The number of nitrogens with two attached hydrogens (primary N) is 1. The van der Waals surface area contributed by atoms with Crippen LogP contribution in [0.4, 0.5) is 5.82 Å². The molecule has 0 aliphatic heterocycles. The molecular weight excluding hydrogens is 328 g/mol. The highest BCUT2D eigenvalue weighted by Crippen LogP contribution is 2.34. The molecule has 6 nitrogen and oxygen atoms in total. The van der Waals surface area contributed by atoms with Gasteiger partial charge in [0.25, 0.3) is 0 Å². The number of rotatable bonds is 9. The number of fused-ring (bicyclic) bond motifs is 1. The molecule has 0 fully saturated rings. The van der Waals surface area contributed by atoms with Gasteiger partial charge in [-0.25, -0.2) is 9.97 Å². The van der Waals surface area contributed by atoms with Crippen molar-refractivity contribution >= 4 is 29.1 Å². The summed E-state index contributed by atoms with van der Waals surface area (Å²) in [6.45, 7) is 5.48. The van der Waals surface area contributed by atoms with E-state index in [1.54, 1.807) is 13.4 Å². The third-order valence-corrected chi connectivity index (χ3v) is 3.85. The second-order valence-electron chi connectivity index (χ2n) is 5.39. The van der Waals surface area contributed by atoms with Gasteiger partial charge in [0.1, 0.15) is 12.1 Å². The molecule has 0 saturated heterocycles. The number of anilines is 1. The average molecular weight is 355 g/mol. The van der Waals surface area contributed by atoms with Gasteiger partial charge in [-0.3, -0.25) is 0 Å². The van der Waals surface area contributed by atoms with Gasteiger partial charge in [-0.15, -0.1) is 12.4 Å². The summed E-state index contributed by atoms with van der Waals surface area (Å²) in [6.07, 6.45) is 4.45. The van der Waals surface area contributed by atoms with Crippen LogP contribution in [0.15, 0.2) is 18.5 Å². The minimum absolute atomic E-state index is 0. The summed E-state index contributed by atoms with van der Waals surface area (Å²) >= 11 is 0. The number of methoxy groups -OCH3 is 1. The van der Waals surface area contributed by atoms with Crippen molar-refractivity contribution in [2.75, 3.05) is 25.6 Å². The molecule has 0 aliphatic carbocycles. The van der Waals surface area contributed by atoms with Crippen molar-refractivity contribution in [2.24, 2.45) is 5.73 Å². The van der Waals surface area contributed by atoms with Gasteiger partial charge >= 0.3 is 0 Å². The maximum absolute atomic E-state index is 5.80. The third kappa shape index (κ3) is 4.85. The summed E-state index contributed by atoms with van der Waals surface area (Å²) in [7, 11) is 1.63. The highest BCUT2D eigenvalue weighted by molar-refractivity contribution is 5.91. The van der Waals surface area contributed by atoms with Gasteiger partial charge < -0.3 is 20.5 Å². The summed E-state index contributed by atoms with van der Waals surface area (Å²) in [5, 5.41) is 4.42. The van der Waals surface area contributed by atoms with E-state index in [0.717, 1.165) is 36.0 Å². The zero-order valence-corrected chi connectivity index (χ0v) is 15.4. The first-order valence-electron chi connectivity index (χ1n) is 8.15. The van der Waals surface area contributed by atoms with Crippen molar-refractivity contribution < 1.29 is 9.47 Å². The number of halogens is 1. The van der Waals surface area contributed by atoms with Crippen LogP contribution in [0.1, 0.15) is 33.1 Å². The zero-order valence-electron chi connectivity index (χ0n) is 14.5. The minimum Gasteiger partial charge on any atom is -0.493 e. The predicted molar refractivity (Wildman–Crippen MR) is 100 cm³/mol. The fraction of sp³-hybridized carbons (Fsp3) is 0.529. The Morgan fingerprint density at radius 2 is 1.92 bits per heavy atom. The topological polar surface area (TPSA) is 82.3 Å². The lowest BCUT2D eigenvalue weighted by Crippen LogP contribution is -2.18. The van der Waals surface area contributed by atoms with E-state index in [1.165, 1.54) is 0 Å². The van der Waals surface area contributed by atoms with E-state index in [9.17, 15) is 0 Å². The fourth-order valence-electron chi connectivity index (χ4n) is 2.40. The lowest BCUT2D eigenvalue weighted by molar-refractivity contribution is 0.292. The SMILES string of the molecule is CCC(CC)Nc1ncnc2cc(OC)c(OCCCN)cc12.Cl. The second kappa shape index (κ2) is 10.2. The molecule has 0 saturated carbocycles. The summed E-state index contributed by atoms with van der Waals surface area (Å²) in [5.41, 5.74) is 6.35. The van der Waals surface area contributed by atoms with Gasteiger partial charge in [0.15, 0.2) is 11.5 Å². The summed E-state index contributed by atoms with van der Waals surface area (Å²) < 4.78 is 11.2. The lowest BCUT2D eigenvalue weighted by Gasteiger charge is -2.17. The molecule has 0 spiro atoms. The lowest BCUT2D eigenvalue weighted by atomic mass is 10.1. The monoisotopic (exact) mass is 354 g/mol. The van der Waals surface area contributed by atoms with Crippen LogP contribution in [0, 0.1) is 0 Å². The van der Waals surface area contributed by atoms with E-state index in [0.29, 0.717) is 30.7 Å². The van der Waals surface area contributed by atoms with Gasteiger partial charge in [-0.1, -0.05) is 13.8 Å². The highest BCUT2D eigenvalue weighted by atomic mass is 35.5. The molecular formula is C17H27ClN4O2. The van der Waals surface area contributed by atoms with Crippen molar-refractivity contribution in [3.63, 3.8) is 0 Å². The molecule has 0 atom stereocenters. The molecule has 134 valence electrons. The second-order valence-corrected chi connectivity index (χ2v) is 5.39. The minimum atomic E-state index is 0. The number of ether oxygens (including phenoxy) is 2. The first-order valence-corrected chi connectivity index (χ1v) is 8.15. The van der Waals surface area contributed by atoms with E-state index < -0.39 is 0 Å². The molecule has 24 heavy (non-hydrogen) atoms. The third-order valence-electron chi connectivity index (χ3n) is 3.85. The summed E-state index contributed by atoms with van der Waals surface area (Å²) in [5.74, 6) is 2.19. The Kier molecular flexibility index (Phi) is 8.57. The molecule has 2 rings (SSSR count). The van der Waals surface area contributed by atoms with E-state index in [-0.39, 0.29) is 12.4 Å². The van der Waals surface area contributed by atoms with E-state index >= 15 is 0 Å². The van der Waals surface area contributed by atoms with Crippen LogP contribution in [0.25, 0.3) is 10.9 Å². The molecule has 3 N–H and O–H groups in total. The molecule has 0 radical (unpaired) electrons. The van der Waals surface area contributed by atoms with Gasteiger partial charge in [-0.05, 0) is 31.9 Å². The largest absolute Gasteiger partial charge is 0.493 e. The first-order chi connectivity index (χ1) is 11.2. The molecule has 7 heteroatoms. The van der Waals surface area contributed by atoms with Crippen LogP contribution in [0.5, 0.6) is 11.5 Å². The summed E-state index contributed by atoms with van der Waals surface area (Å²) in [6, 6.07) is 4.21. The van der Waals surface area contributed by atoms with E-state index in [1.807, 2.05) is 12.1 Å². The Labute approximate surface area is 149 Å². The zero-order chi connectivity index (χ0) is 16.7. The number of benzene rings is 1. The van der Waals surface area contributed by atoms with Crippen molar-refractivity contribution in [1.29, 1.82) is 0 Å². The maximum Gasteiger partial charge on any atom is 0.162 e. The van der Waals surface area contributed by atoms with Crippen LogP contribution in [-0.4, -0.2) is 36.3 Å². The Bertz CT molecular complexity index is 635. The van der Waals surface area contributed by atoms with Crippen molar-refractivity contribution in [3.8, 4) is 11.5 Å². The Morgan fingerprint density at radius 1 is 1.17 bits per heavy atom. The standard InChI is InChI=1S/C17H26N4O2.ClH/c1-4-12(5-2)21-17-13-9-16(23-8-6-7-18)15(22-3)10-14(13)19-11-20-17;/h9-12H,4-8,18H2,1-3H3,(H,19,20,21);1H. The molecule has 1 heterocycles. The number of nitrogens with one attached hydrogen (secondary N) is 1. The predicted octanol–water partition coefficient (Wildman–Crippen LogP) is 3.39. The van der Waals surface area contributed by atoms with Gasteiger partial charge in [0, 0.05) is 17.5 Å². The van der Waals surface area contributed by atoms with E-state index in [4.69, 9.17) is 15.2 Å². The van der Waals surface area contributed by atoms with Crippen LogP contribution in [-0.2, 0) is 0 Å². The number of aromatic nitrogens is 2. The number of hydrogen-bond donors (Lipinski definition) is 2. The molecule has 0 amide bonds. The quantitative estimate of drug-likeness (QED) is 0.672. The normalized spacial score (nSPS) is 10.5. The Hall–Kier alpha value is -1.79. The number of hydrogen-bond acceptors (Lipinski definition) is 6. The number of nitrogens with zero attached hydrogens (tertiary/aromatic N) is 2. The van der Waals surface area contributed by atoms with Crippen LogP contribution in [0.3, 0.4) is 0 Å². The van der Waals surface area contributed by atoms with E-state index in [2.05, 4.69) is 29.1 Å². The average Bonchev–Trinajstić information content (AvgIpc) is 2.59. The van der Waals surface area contributed by atoms with Crippen LogP contribution < -0.4 is 20.5 Å². The molecule has 0 unspecified atom stereocenters. The molecule has 1 aromatic heterocycles. The Morgan fingerprint density at radius 3 is 2.54 bits per heavy atom. The van der Waals surface area contributed by atoms with Crippen molar-refractivity contribution in [1.82, 2.24) is 9.97 Å². The fourth-order valence-corrected chi connectivity index (χ4v) is 2.40. The first kappa shape index (κ1) is 20.3. The highest BCUT2D eigenvalue weighted by Gasteiger charge is 2.13. The summed E-state index contributed by atoms with van der Waals surface area (Å²) in [4.78, 5) is 8.74. The van der Waals surface area contributed by atoms with Crippen LogP contribution >= 0.6 is 12.4 Å². The molecule has 1 aromatic carbocycles. The molecule has 0 aliphatic rings. The van der Waals surface area contributed by atoms with Crippen LogP contribution in [0.2, 0.25) is 0 Å². The maximum atomic E-state index is 5.80. The Balaban J connectivity index is 0.00000288. The van der Waals surface area contributed by atoms with Crippen molar-refractivity contribution in [3.05, 3.63) is 18.5 Å². The van der Waals surface area contributed by atoms with Gasteiger partial charge in [0.05, 0.1) is 19.2 Å². The molecule has 2 aromatic rings.